The molecule has 76 valence electrons. The van der Waals surface area contributed by atoms with Crippen molar-refractivity contribution in [1.29, 1.82) is 0 Å². The summed E-state index contributed by atoms with van der Waals surface area (Å²) in [5.41, 5.74) is 16.5. The first-order chi connectivity index (χ1) is 7.18. The maximum atomic E-state index is 5.97. The van der Waals surface area contributed by atoms with Gasteiger partial charge in [0.05, 0.1) is 0 Å². The predicted molar refractivity (Wildman–Crippen MR) is 65.4 cm³/mol. The molecule has 0 fully saturated rings. The van der Waals surface area contributed by atoms with Crippen LogP contribution in [0.4, 0.5) is 11.4 Å². The van der Waals surface area contributed by atoms with E-state index in [1.807, 2.05) is 49.4 Å². The molecule has 0 spiro atoms. The van der Waals surface area contributed by atoms with E-state index in [0.717, 1.165) is 28.1 Å². The molecule has 0 saturated carbocycles. The molecule has 0 atom stereocenters. The molecule has 0 aliphatic heterocycles. The zero-order chi connectivity index (χ0) is 10.8. The number of benzene rings is 2. The molecule has 0 unspecified atom stereocenters. The first-order valence-electron chi connectivity index (χ1n) is 4.89. The van der Waals surface area contributed by atoms with Gasteiger partial charge in [-0.15, -0.1) is 0 Å². The van der Waals surface area contributed by atoms with Crippen molar-refractivity contribution in [3.63, 3.8) is 0 Å². The lowest BCUT2D eigenvalue weighted by molar-refractivity contribution is 1.47. The lowest BCUT2D eigenvalue weighted by Gasteiger charge is -2.09. The molecular weight excluding hydrogens is 184 g/mol. The van der Waals surface area contributed by atoms with Gasteiger partial charge in [0.25, 0.3) is 0 Å². The highest BCUT2D eigenvalue weighted by atomic mass is 14.6. The Kier molecular flexibility index (Phi) is 2.34. The van der Waals surface area contributed by atoms with E-state index in [1.165, 1.54) is 0 Å². The summed E-state index contributed by atoms with van der Waals surface area (Å²) < 4.78 is 0. The van der Waals surface area contributed by atoms with Crippen molar-refractivity contribution in [2.45, 2.75) is 6.92 Å². The fraction of sp³-hybridized carbons (Fsp3) is 0.0769. The highest BCUT2D eigenvalue weighted by Crippen LogP contribution is 2.29. The number of aryl methyl sites for hydroxylation is 1. The van der Waals surface area contributed by atoms with Crippen LogP contribution in [0.15, 0.2) is 42.5 Å². The summed E-state index contributed by atoms with van der Waals surface area (Å²) in [4.78, 5) is 0. The van der Waals surface area contributed by atoms with Gasteiger partial charge >= 0.3 is 0 Å². The van der Waals surface area contributed by atoms with Crippen LogP contribution in [0.3, 0.4) is 0 Å². The lowest BCUT2D eigenvalue weighted by Crippen LogP contribution is -1.96. The van der Waals surface area contributed by atoms with Gasteiger partial charge in [-0.1, -0.05) is 30.3 Å². The van der Waals surface area contributed by atoms with Crippen molar-refractivity contribution in [2.24, 2.45) is 0 Å². The fourth-order valence-corrected chi connectivity index (χ4v) is 1.61. The summed E-state index contributed by atoms with van der Waals surface area (Å²) in [7, 11) is 0. The Morgan fingerprint density at radius 3 is 2.20 bits per heavy atom. The van der Waals surface area contributed by atoms with Crippen LogP contribution < -0.4 is 11.5 Å². The first-order valence-corrected chi connectivity index (χ1v) is 4.89. The third kappa shape index (κ3) is 1.79. The van der Waals surface area contributed by atoms with Crippen LogP contribution in [-0.4, -0.2) is 0 Å². The molecule has 2 aromatic rings. The zero-order valence-electron chi connectivity index (χ0n) is 8.70. The van der Waals surface area contributed by atoms with Crippen molar-refractivity contribution >= 4 is 11.4 Å². The molecule has 2 rings (SSSR count). The normalized spacial score (nSPS) is 10.2. The molecule has 0 amide bonds. The van der Waals surface area contributed by atoms with E-state index in [2.05, 4.69) is 0 Å². The smallest absolute Gasteiger partial charge is 0.0397 e. The second-order valence-electron chi connectivity index (χ2n) is 3.66. The molecule has 4 N–H and O–H groups in total. The van der Waals surface area contributed by atoms with E-state index in [1.54, 1.807) is 0 Å². The Morgan fingerprint density at radius 2 is 1.53 bits per heavy atom. The van der Waals surface area contributed by atoms with E-state index in [-0.39, 0.29) is 0 Å². The Hall–Kier alpha value is -1.96. The third-order valence-electron chi connectivity index (χ3n) is 2.52. The number of anilines is 2. The summed E-state index contributed by atoms with van der Waals surface area (Å²) in [5, 5.41) is 0. The van der Waals surface area contributed by atoms with Crippen LogP contribution in [0, 0.1) is 6.92 Å². The second-order valence-corrected chi connectivity index (χ2v) is 3.66. The first kappa shape index (κ1) is 9.59. The minimum Gasteiger partial charge on any atom is -0.398 e. The summed E-state index contributed by atoms with van der Waals surface area (Å²) >= 11 is 0. The van der Waals surface area contributed by atoms with Crippen molar-refractivity contribution in [3.05, 3.63) is 48.0 Å². The van der Waals surface area contributed by atoms with Gasteiger partial charge in [-0.3, -0.25) is 0 Å². The molecule has 2 nitrogen and oxygen atoms in total. The maximum Gasteiger partial charge on any atom is 0.0397 e. The fourth-order valence-electron chi connectivity index (χ4n) is 1.61. The number of nitrogen functional groups attached to an aromatic ring is 2. The van der Waals surface area contributed by atoms with Gasteiger partial charge in [0.2, 0.25) is 0 Å². The van der Waals surface area contributed by atoms with Crippen LogP contribution >= 0.6 is 0 Å². The number of hydrogen-bond acceptors (Lipinski definition) is 2. The maximum absolute atomic E-state index is 5.97. The van der Waals surface area contributed by atoms with E-state index >= 15 is 0 Å². The van der Waals surface area contributed by atoms with Gasteiger partial charge in [0.1, 0.15) is 0 Å². The molecule has 2 heteroatoms. The zero-order valence-corrected chi connectivity index (χ0v) is 8.70. The molecule has 2 aromatic carbocycles. The van der Waals surface area contributed by atoms with E-state index in [9.17, 15) is 0 Å². The van der Waals surface area contributed by atoms with Crippen LogP contribution in [0.1, 0.15) is 5.56 Å². The number of rotatable bonds is 1. The molecule has 0 radical (unpaired) electrons. The molecule has 0 bridgehead atoms. The molecule has 0 heterocycles. The average Bonchev–Trinajstić information content (AvgIpc) is 2.25. The minimum absolute atomic E-state index is 0.771. The highest BCUT2D eigenvalue weighted by molar-refractivity contribution is 5.80. The Balaban J connectivity index is 2.59. The summed E-state index contributed by atoms with van der Waals surface area (Å²) in [5.74, 6) is 0. The third-order valence-corrected chi connectivity index (χ3v) is 2.52. The predicted octanol–water partition coefficient (Wildman–Crippen LogP) is 2.83. The largest absolute Gasteiger partial charge is 0.398 e. The molecule has 15 heavy (non-hydrogen) atoms. The molecule has 0 aliphatic carbocycles. The molecule has 0 aliphatic rings. The quantitative estimate of drug-likeness (QED) is 0.692. The van der Waals surface area contributed by atoms with Crippen LogP contribution in [0.2, 0.25) is 0 Å². The summed E-state index contributed by atoms with van der Waals surface area (Å²) in [6, 6.07) is 13.9. The van der Waals surface area contributed by atoms with Gasteiger partial charge in [-0.25, -0.2) is 0 Å². The second kappa shape index (κ2) is 3.65. The monoisotopic (exact) mass is 198 g/mol. The van der Waals surface area contributed by atoms with Crippen LogP contribution in [0.25, 0.3) is 11.1 Å². The number of hydrogen-bond donors (Lipinski definition) is 2. The standard InChI is InChI=1S/C13H14N2/c1-9-7-13(15)11(8-12(9)14)10-5-3-2-4-6-10/h2-8H,14-15H2,1H3. The average molecular weight is 198 g/mol. The van der Waals surface area contributed by atoms with Crippen LogP contribution in [0.5, 0.6) is 0 Å². The minimum atomic E-state index is 0.771. The van der Waals surface area contributed by atoms with Crippen molar-refractivity contribution < 1.29 is 0 Å². The topological polar surface area (TPSA) is 52.0 Å². The van der Waals surface area contributed by atoms with Crippen molar-refractivity contribution in [3.8, 4) is 11.1 Å². The Bertz CT molecular complexity index is 475. The van der Waals surface area contributed by atoms with E-state index in [4.69, 9.17) is 11.5 Å². The van der Waals surface area contributed by atoms with Crippen LogP contribution in [-0.2, 0) is 0 Å². The van der Waals surface area contributed by atoms with Gasteiger partial charge in [-0.05, 0) is 30.2 Å². The van der Waals surface area contributed by atoms with Gasteiger partial charge in [0, 0.05) is 16.9 Å². The van der Waals surface area contributed by atoms with Crippen molar-refractivity contribution in [1.82, 2.24) is 0 Å². The van der Waals surface area contributed by atoms with E-state index < -0.39 is 0 Å². The highest BCUT2D eigenvalue weighted by Gasteiger charge is 2.04. The Morgan fingerprint density at radius 1 is 0.867 bits per heavy atom. The van der Waals surface area contributed by atoms with Gasteiger partial charge in [-0.2, -0.15) is 0 Å². The van der Waals surface area contributed by atoms with Gasteiger partial charge < -0.3 is 11.5 Å². The summed E-state index contributed by atoms with van der Waals surface area (Å²) in [6.07, 6.45) is 0. The lowest BCUT2D eigenvalue weighted by atomic mass is 10.0. The molecule has 0 aromatic heterocycles. The van der Waals surface area contributed by atoms with Crippen molar-refractivity contribution in [2.75, 3.05) is 11.5 Å². The van der Waals surface area contributed by atoms with E-state index in [0.29, 0.717) is 0 Å². The Labute approximate surface area is 89.5 Å². The van der Waals surface area contributed by atoms with Gasteiger partial charge in [0.15, 0.2) is 0 Å². The molecular formula is C13H14N2. The summed E-state index contributed by atoms with van der Waals surface area (Å²) in [6.45, 7) is 1.96. The molecule has 0 saturated heterocycles. The SMILES string of the molecule is Cc1cc(N)c(-c2ccccc2)cc1N. The number of nitrogens with two attached hydrogens (primary N) is 2.